The maximum Gasteiger partial charge on any atom is 0.311 e. The molecular weight excluding hydrogens is 300 g/mol. The summed E-state index contributed by atoms with van der Waals surface area (Å²) in [7, 11) is 1.33. The molecule has 0 aliphatic rings. The first-order valence-electron chi connectivity index (χ1n) is 6.92. The Balaban J connectivity index is 2.22. The van der Waals surface area contributed by atoms with Crippen LogP contribution in [0.25, 0.3) is 0 Å². The zero-order valence-electron chi connectivity index (χ0n) is 13.3. The van der Waals surface area contributed by atoms with Gasteiger partial charge in [0.05, 0.1) is 12.0 Å². The molecule has 1 heterocycles. The first-order chi connectivity index (χ1) is 10.7. The van der Waals surface area contributed by atoms with Crippen LogP contribution < -0.4 is 10.1 Å². The number of rotatable bonds is 4. The van der Waals surface area contributed by atoms with Crippen LogP contribution in [0.15, 0.2) is 24.3 Å². The van der Waals surface area contributed by atoms with Crippen LogP contribution in [-0.2, 0) is 5.41 Å². The van der Waals surface area contributed by atoms with Crippen LogP contribution in [0.5, 0.6) is 5.75 Å². The van der Waals surface area contributed by atoms with E-state index in [0.29, 0.717) is 5.82 Å². The monoisotopic (exact) mass is 318 g/mol. The molecule has 1 aromatic carbocycles. The third-order valence-electron chi connectivity index (χ3n) is 3.27. The Morgan fingerprint density at radius 3 is 2.57 bits per heavy atom. The SMILES string of the molecule is COc1ccc(C(=O)Nc2cc(C(C)(C)C)[nH]n2)cc1[N+](=O)[O-]. The van der Waals surface area contributed by atoms with Crippen molar-refractivity contribution in [3.05, 3.63) is 45.6 Å². The summed E-state index contributed by atoms with van der Waals surface area (Å²) in [5.74, 6) is -0.0255. The van der Waals surface area contributed by atoms with Crippen LogP contribution in [0, 0.1) is 10.1 Å². The third kappa shape index (κ3) is 3.65. The average molecular weight is 318 g/mol. The molecule has 2 aromatic rings. The molecule has 0 saturated carbocycles. The minimum Gasteiger partial charge on any atom is -0.490 e. The number of hydrogen-bond acceptors (Lipinski definition) is 5. The van der Waals surface area contributed by atoms with Crippen LogP contribution in [0.3, 0.4) is 0 Å². The summed E-state index contributed by atoms with van der Waals surface area (Å²) < 4.78 is 4.91. The second kappa shape index (κ2) is 6.07. The minimum atomic E-state index is -0.595. The van der Waals surface area contributed by atoms with E-state index in [1.54, 1.807) is 6.07 Å². The first-order valence-corrected chi connectivity index (χ1v) is 6.92. The summed E-state index contributed by atoms with van der Waals surface area (Å²) in [6, 6.07) is 5.75. The van der Waals surface area contributed by atoms with E-state index in [4.69, 9.17) is 4.74 Å². The second-order valence-electron chi connectivity index (χ2n) is 6.01. The molecule has 0 atom stereocenters. The zero-order chi connectivity index (χ0) is 17.2. The van der Waals surface area contributed by atoms with Gasteiger partial charge in [0, 0.05) is 28.8 Å². The highest BCUT2D eigenvalue weighted by atomic mass is 16.6. The van der Waals surface area contributed by atoms with Gasteiger partial charge in [-0.2, -0.15) is 5.10 Å². The fourth-order valence-electron chi connectivity index (χ4n) is 1.93. The Hall–Kier alpha value is -2.90. The predicted molar refractivity (Wildman–Crippen MR) is 84.9 cm³/mol. The minimum absolute atomic E-state index is 0.0985. The molecule has 122 valence electrons. The highest BCUT2D eigenvalue weighted by Gasteiger charge is 2.20. The summed E-state index contributed by atoms with van der Waals surface area (Å²) >= 11 is 0. The number of nitro benzene ring substituents is 1. The lowest BCUT2D eigenvalue weighted by molar-refractivity contribution is -0.385. The van der Waals surface area contributed by atoms with Gasteiger partial charge in [-0.15, -0.1) is 0 Å². The van der Waals surface area contributed by atoms with Crippen molar-refractivity contribution in [1.82, 2.24) is 10.2 Å². The van der Waals surface area contributed by atoms with Crippen molar-refractivity contribution < 1.29 is 14.5 Å². The number of methoxy groups -OCH3 is 1. The fraction of sp³-hybridized carbons (Fsp3) is 0.333. The maximum atomic E-state index is 12.2. The van der Waals surface area contributed by atoms with Gasteiger partial charge in [0.1, 0.15) is 0 Å². The smallest absolute Gasteiger partial charge is 0.311 e. The van der Waals surface area contributed by atoms with Crippen molar-refractivity contribution in [2.24, 2.45) is 0 Å². The van der Waals surface area contributed by atoms with E-state index in [-0.39, 0.29) is 22.4 Å². The normalized spacial score (nSPS) is 11.1. The van der Waals surface area contributed by atoms with Gasteiger partial charge in [-0.1, -0.05) is 20.8 Å². The van der Waals surface area contributed by atoms with Gasteiger partial charge in [0.25, 0.3) is 5.91 Å². The van der Waals surface area contributed by atoms with Gasteiger partial charge in [-0.3, -0.25) is 20.0 Å². The number of carbonyl (C=O) groups is 1. The van der Waals surface area contributed by atoms with Crippen molar-refractivity contribution in [2.45, 2.75) is 26.2 Å². The Morgan fingerprint density at radius 1 is 1.35 bits per heavy atom. The first kappa shape index (κ1) is 16.5. The van der Waals surface area contributed by atoms with Crippen LogP contribution in [0.1, 0.15) is 36.8 Å². The lowest BCUT2D eigenvalue weighted by Gasteiger charge is -2.14. The molecule has 8 nitrogen and oxygen atoms in total. The summed E-state index contributed by atoms with van der Waals surface area (Å²) in [6.07, 6.45) is 0. The molecule has 8 heteroatoms. The standard InChI is InChI=1S/C15H18N4O4/c1-15(2,3)12-8-13(18-17-12)16-14(20)9-5-6-11(23-4)10(7-9)19(21)22/h5-8H,1-4H3,(H2,16,17,18,20). The third-order valence-corrected chi connectivity index (χ3v) is 3.27. The number of aromatic nitrogens is 2. The van der Waals surface area contributed by atoms with E-state index in [1.807, 2.05) is 20.8 Å². The van der Waals surface area contributed by atoms with E-state index >= 15 is 0 Å². The molecule has 0 fully saturated rings. The Kier molecular flexibility index (Phi) is 4.35. The Morgan fingerprint density at radius 2 is 2.04 bits per heavy atom. The van der Waals surface area contributed by atoms with E-state index in [0.717, 1.165) is 5.69 Å². The number of carbonyl (C=O) groups excluding carboxylic acids is 1. The number of anilines is 1. The van der Waals surface area contributed by atoms with Crippen LogP contribution in [-0.4, -0.2) is 28.1 Å². The second-order valence-corrected chi connectivity index (χ2v) is 6.01. The molecular formula is C15H18N4O4. The number of nitrogens with one attached hydrogen (secondary N) is 2. The van der Waals surface area contributed by atoms with Gasteiger partial charge in [-0.05, 0) is 12.1 Å². The lowest BCUT2D eigenvalue weighted by Crippen LogP contribution is -2.13. The van der Waals surface area contributed by atoms with Crippen molar-refractivity contribution in [3.8, 4) is 5.75 Å². The summed E-state index contributed by atoms with van der Waals surface area (Å²) in [5, 5.41) is 20.5. The van der Waals surface area contributed by atoms with E-state index in [2.05, 4.69) is 15.5 Å². The van der Waals surface area contributed by atoms with Crippen molar-refractivity contribution in [1.29, 1.82) is 0 Å². The lowest BCUT2D eigenvalue weighted by atomic mass is 9.92. The van der Waals surface area contributed by atoms with Gasteiger partial charge < -0.3 is 10.1 Å². The van der Waals surface area contributed by atoms with Gasteiger partial charge in [0.2, 0.25) is 0 Å². The van der Waals surface area contributed by atoms with Crippen molar-refractivity contribution in [3.63, 3.8) is 0 Å². The molecule has 1 amide bonds. The van der Waals surface area contributed by atoms with E-state index in [9.17, 15) is 14.9 Å². The number of nitrogens with zero attached hydrogens (tertiary/aromatic N) is 2. The number of amides is 1. The maximum absolute atomic E-state index is 12.2. The topological polar surface area (TPSA) is 110 Å². The number of benzene rings is 1. The highest BCUT2D eigenvalue weighted by molar-refractivity contribution is 6.04. The fourth-order valence-corrected chi connectivity index (χ4v) is 1.93. The van der Waals surface area contributed by atoms with Gasteiger partial charge in [0.15, 0.2) is 11.6 Å². The molecule has 2 rings (SSSR count). The molecule has 0 radical (unpaired) electrons. The summed E-state index contributed by atoms with van der Waals surface area (Å²) in [4.78, 5) is 22.6. The molecule has 0 spiro atoms. The largest absolute Gasteiger partial charge is 0.490 e. The number of ether oxygens (including phenoxy) is 1. The molecule has 0 aliphatic carbocycles. The number of aromatic amines is 1. The highest BCUT2D eigenvalue weighted by Crippen LogP contribution is 2.28. The van der Waals surface area contributed by atoms with Gasteiger partial charge >= 0.3 is 5.69 Å². The van der Waals surface area contributed by atoms with Crippen LogP contribution >= 0.6 is 0 Å². The molecule has 0 bridgehead atoms. The number of hydrogen-bond donors (Lipinski definition) is 2. The van der Waals surface area contributed by atoms with Crippen molar-refractivity contribution >= 4 is 17.4 Å². The molecule has 0 unspecified atom stereocenters. The molecule has 23 heavy (non-hydrogen) atoms. The molecule has 0 saturated heterocycles. The van der Waals surface area contributed by atoms with E-state index in [1.165, 1.54) is 25.3 Å². The number of H-pyrrole nitrogens is 1. The molecule has 0 aliphatic heterocycles. The van der Waals surface area contributed by atoms with Crippen molar-refractivity contribution in [2.75, 3.05) is 12.4 Å². The number of nitro groups is 1. The van der Waals surface area contributed by atoms with Crippen LogP contribution in [0.2, 0.25) is 0 Å². The molecule has 2 N–H and O–H groups in total. The predicted octanol–water partition coefficient (Wildman–Crippen LogP) is 2.88. The van der Waals surface area contributed by atoms with E-state index < -0.39 is 10.8 Å². The summed E-state index contributed by atoms with van der Waals surface area (Å²) in [6.45, 7) is 6.04. The molecule has 1 aromatic heterocycles. The average Bonchev–Trinajstić information content (AvgIpc) is 2.95. The summed E-state index contributed by atoms with van der Waals surface area (Å²) in [5.41, 5.74) is 0.624. The zero-order valence-corrected chi connectivity index (χ0v) is 13.3. The quantitative estimate of drug-likeness (QED) is 0.665. The Bertz CT molecular complexity index is 746. The Labute approximate surface area is 133 Å². The van der Waals surface area contributed by atoms with Crippen LogP contribution in [0.4, 0.5) is 11.5 Å². The van der Waals surface area contributed by atoms with Gasteiger partial charge in [-0.25, -0.2) is 0 Å².